The summed E-state index contributed by atoms with van der Waals surface area (Å²) in [5.74, 6) is 0.0716. The molecule has 3 aromatic rings. The number of carbonyl (C=O) groups is 1. The molecule has 0 aliphatic carbocycles. The third-order valence-electron chi connectivity index (χ3n) is 2.99. The van der Waals surface area contributed by atoms with Gasteiger partial charge in [0, 0.05) is 11.8 Å². The molecule has 2 heterocycles. The van der Waals surface area contributed by atoms with Crippen LogP contribution in [0.2, 0.25) is 5.02 Å². The average molecular weight is 304 g/mol. The minimum atomic E-state index is -0.505. The number of phenolic OH excluding ortho intramolecular Hbond substituents is 1. The van der Waals surface area contributed by atoms with E-state index < -0.39 is 5.97 Å². The van der Waals surface area contributed by atoms with E-state index in [9.17, 15) is 9.90 Å². The van der Waals surface area contributed by atoms with Gasteiger partial charge in [-0.3, -0.25) is 4.40 Å². The molecule has 3 rings (SSSR count). The molecule has 0 fully saturated rings. The highest BCUT2D eigenvalue weighted by Crippen LogP contribution is 2.26. The Morgan fingerprint density at radius 1 is 1.33 bits per heavy atom. The van der Waals surface area contributed by atoms with E-state index in [-0.39, 0.29) is 16.3 Å². The van der Waals surface area contributed by atoms with Crippen molar-refractivity contribution in [3.63, 3.8) is 0 Å². The lowest BCUT2D eigenvalue weighted by Gasteiger charge is -2.04. The third-order valence-corrected chi connectivity index (χ3v) is 3.26. The molecule has 0 unspecified atom stereocenters. The summed E-state index contributed by atoms with van der Waals surface area (Å²) >= 11 is 6.11. The highest BCUT2D eigenvalue weighted by atomic mass is 35.5. The number of carbonyl (C=O) groups excluding carboxylic acids is 1. The Balaban J connectivity index is 2.25. The molecule has 0 saturated heterocycles. The van der Waals surface area contributed by atoms with Gasteiger partial charge in [-0.25, -0.2) is 4.79 Å². The van der Waals surface area contributed by atoms with Crippen molar-refractivity contribution in [2.24, 2.45) is 0 Å². The van der Waals surface area contributed by atoms with Crippen molar-refractivity contribution in [1.82, 2.24) is 14.6 Å². The number of phenols is 1. The lowest BCUT2D eigenvalue weighted by Crippen LogP contribution is -2.03. The predicted molar refractivity (Wildman–Crippen MR) is 76.4 cm³/mol. The molecule has 0 radical (unpaired) electrons. The number of methoxy groups -OCH3 is 1. The van der Waals surface area contributed by atoms with Gasteiger partial charge in [0.25, 0.3) is 0 Å². The van der Waals surface area contributed by atoms with Gasteiger partial charge in [-0.15, -0.1) is 10.2 Å². The molecule has 7 heteroatoms. The van der Waals surface area contributed by atoms with Gasteiger partial charge in [-0.1, -0.05) is 23.7 Å². The second-order valence-corrected chi connectivity index (χ2v) is 4.74. The zero-order valence-corrected chi connectivity index (χ0v) is 11.7. The maximum Gasteiger partial charge on any atom is 0.339 e. The standard InChI is InChI=1S/C14H10ClN3O3/c1-21-14(20)9-6-11(15)13-17-16-12(18(13)7-9)8-3-2-4-10(19)5-8/h2-7,19H,1H3. The highest BCUT2D eigenvalue weighted by Gasteiger charge is 2.15. The molecule has 2 aromatic heterocycles. The fourth-order valence-corrected chi connectivity index (χ4v) is 2.27. The fraction of sp³-hybridized carbons (Fsp3) is 0.0714. The van der Waals surface area contributed by atoms with Gasteiger partial charge in [0.15, 0.2) is 11.5 Å². The van der Waals surface area contributed by atoms with Crippen LogP contribution in [0.4, 0.5) is 0 Å². The Bertz CT molecular complexity index is 845. The summed E-state index contributed by atoms with van der Waals surface area (Å²) in [5.41, 5.74) is 1.36. The first-order chi connectivity index (χ1) is 10.1. The number of esters is 1. The first kappa shape index (κ1) is 13.4. The molecule has 1 aromatic carbocycles. The number of halogens is 1. The quantitative estimate of drug-likeness (QED) is 0.736. The Morgan fingerprint density at radius 3 is 2.86 bits per heavy atom. The molecule has 1 N–H and O–H groups in total. The summed E-state index contributed by atoms with van der Waals surface area (Å²) in [5, 5.41) is 17.9. The Hall–Kier alpha value is -2.60. The second kappa shape index (κ2) is 5.06. The van der Waals surface area contributed by atoms with Crippen molar-refractivity contribution in [2.75, 3.05) is 7.11 Å². The van der Waals surface area contributed by atoms with Crippen LogP contribution >= 0.6 is 11.6 Å². The molecule has 21 heavy (non-hydrogen) atoms. The van der Waals surface area contributed by atoms with Crippen LogP contribution in [0.1, 0.15) is 10.4 Å². The number of hydrogen-bond donors (Lipinski definition) is 1. The number of pyridine rings is 1. The molecule has 0 atom stereocenters. The number of hydrogen-bond acceptors (Lipinski definition) is 5. The number of aromatic hydroxyl groups is 1. The van der Waals surface area contributed by atoms with Gasteiger partial charge in [0.05, 0.1) is 17.7 Å². The van der Waals surface area contributed by atoms with Crippen LogP contribution in [0.3, 0.4) is 0 Å². The zero-order chi connectivity index (χ0) is 15.0. The van der Waals surface area contributed by atoms with Crippen molar-refractivity contribution in [3.8, 4) is 17.1 Å². The van der Waals surface area contributed by atoms with E-state index in [0.717, 1.165) is 0 Å². The van der Waals surface area contributed by atoms with Gasteiger partial charge >= 0.3 is 5.97 Å². The minimum absolute atomic E-state index is 0.111. The zero-order valence-electron chi connectivity index (χ0n) is 10.9. The maximum absolute atomic E-state index is 11.7. The fourth-order valence-electron chi connectivity index (χ4n) is 2.03. The lowest BCUT2D eigenvalue weighted by molar-refractivity contribution is 0.0600. The SMILES string of the molecule is COC(=O)c1cc(Cl)c2nnc(-c3cccc(O)c3)n2c1. The average Bonchev–Trinajstić information content (AvgIpc) is 2.90. The van der Waals surface area contributed by atoms with E-state index in [2.05, 4.69) is 14.9 Å². The van der Waals surface area contributed by atoms with Gasteiger partial charge in [-0.2, -0.15) is 0 Å². The summed E-state index contributed by atoms with van der Waals surface area (Å²) in [6, 6.07) is 8.05. The molecule has 0 spiro atoms. The summed E-state index contributed by atoms with van der Waals surface area (Å²) in [7, 11) is 1.29. The number of ether oxygens (including phenoxy) is 1. The van der Waals surface area contributed by atoms with Gasteiger partial charge in [0.1, 0.15) is 5.75 Å². The minimum Gasteiger partial charge on any atom is -0.508 e. The Labute approximate surface area is 124 Å². The monoisotopic (exact) mass is 303 g/mol. The molecule has 106 valence electrons. The molecule has 0 bridgehead atoms. The third kappa shape index (κ3) is 2.30. The lowest BCUT2D eigenvalue weighted by atomic mass is 10.2. The summed E-state index contributed by atoms with van der Waals surface area (Å²) in [6.45, 7) is 0. The normalized spacial score (nSPS) is 10.8. The van der Waals surface area contributed by atoms with E-state index >= 15 is 0 Å². The molecule has 0 amide bonds. The number of fused-ring (bicyclic) bond motifs is 1. The van der Waals surface area contributed by atoms with Crippen molar-refractivity contribution < 1.29 is 14.6 Å². The van der Waals surface area contributed by atoms with E-state index in [1.54, 1.807) is 34.9 Å². The van der Waals surface area contributed by atoms with E-state index in [4.69, 9.17) is 11.6 Å². The van der Waals surface area contributed by atoms with Crippen LogP contribution in [-0.2, 0) is 4.74 Å². The topological polar surface area (TPSA) is 76.7 Å². The molecular formula is C14H10ClN3O3. The van der Waals surface area contributed by atoms with Gasteiger partial charge < -0.3 is 9.84 Å². The second-order valence-electron chi connectivity index (χ2n) is 4.34. The number of benzene rings is 1. The summed E-state index contributed by atoms with van der Waals surface area (Å²) < 4.78 is 6.28. The van der Waals surface area contributed by atoms with Crippen molar-refractivity contribution >= 4 is 23.2 Å². The van der Waals surface area contributed by atoms with E-state index in [1.165, 1.54) is 13.2 Å². The van der Waals surface area contributed by atoms with E-state index in [1.807, 2.05) is 0 Å². The van der Waals surface area contributed by atoms with Gasteiger partial charge in [0.2, 0.25) is 0 Å². The van der Waals surface area contributed by atoms with Crippen molar-refractivity contribution in [2.45, 2.75) is 0 Å². The predicted octanol–water partition coefficient (Wildman–Crippen LogP) is 2.54. The molecule has 6 nitrogen and oxygen atoms in total. The number of nitrogens with zero attached hydrogens (tertiary/aromatic N) is 3. The molecular weight excluding hydrogens is 294 g/mol. The first-order valence-electron chi connectivity index (χ1n) is 6.02. The highest BCUT2D eigenvalue weighted by molar-refractivity contribution is 6.33. The van der Waals surface area contributed by atoms with E-state index in [0.29, 0.717) is 17.0 Å². The summed E-state index contributed by atoms with van der Waals surface area (Å²) in [6.07, 6.45) is 1.55. The van der Waals surface area contributed by atoms with Gasteiger partial charge in [-0.05, 0) is 18.2 Å². The molecule has 0 aliphatic rings. The van der Waals surface area contributed by atoms with Crippen LogP contribution in [-0.4, -0.2) is 32.8 Å². The molecule has 0 aliphatic heterocycles. The summed E-state index contributed by atoms with van der Waals surface area (Å²) in [4.78, 5) is 11.7. The van der Waals surface area contributed by atoms with Crippen LogP contribution in [0.15, 0.2) is 36.5 Å². The van der Waals surface area contributed by atoms with Crippen LogP contribution in [0.25, 0.3) is 17.0 Å². The Morgan fingerprint density at radius 2 is 2.14 bits per heavy atom. The van der Waals surface area contributed by atoms with Crippen molar-refractivity contribution in [3.05, 3.63) is 47.1 Å². The maximum atomic E-state index is 11.7. The van der Waals surface area contributed by atoms with Crippen LogP contribution < -0.4 is 0 Å². The Kier molecular flexibility index (Phi) is 3.23. The number of aromatic nitrogens is 3. The van der Waals surface area contributed by atoms with Crippen LogP contribution in [0.5, 0.6) is 5.75 Å². The smallest absolute Gasteiger partial charge is 0.339 e. The molecule has 0 saturated carbocycles. The van der Waals surface area contributed by atoms with Crippen molar-refractivity contribution in [1.29, 1.82) is 0 Å². The number of rotatable bonds is 2. The van der Waals surface area contributed by atoms with Crippen LogP contribution in [0, 0.1) is 0 Å². The largest absolute Gasteiger partial charge is 0.508 e. The first-order valence-corrected chi connectivity index (χ1v) is 6.40.